The van der Waals surface area contributed by atoms with Crippen molar-refractivity contribution in [1.29, 1.82) is 0 Å². The van der Waals surface area contributed by atoms with Gasteiger partial charge in [-0.3, -0.25) is 0 Å². The standard InChI is InChI=1S/C17H25N3O3S/c1-12(2)20-24(21,22)11-16-8-6-5-7-15(16)9-18-10-17-13(3)19-23-14(17)4/h5-8,12,18,20H,9-11H2,1-4H3. The Kier molecular flexibility index (Phi) is 6.15. The van der Waals surface area contributed by atoms with E-state index in [0.29, 0.717) is 13.1 Å². The molecule has 0 fully saturated rings. The Labute approximate surface area is 143 Å². The van der Waals surface area contributed by atoms with Crippen molar-refractivity contribution in [3.05, 3.63) is 52.4 Å². The van der Waals surface area contributed by atoms with E-state index in [-0.39, 0.29) is 11.8 Å². The predicted molar refractivity (Wildman–Crippen MR) is 93.9 cm³/mol. The number of aromatic nitrogens is 1. The molecule has 0 aliphatic carbocycles. The maximum Gasteiger partial charge on any atom is 0.216 e. The first kappa shape index (κ1) is 18.6. The first-order valence-electron chi connectivity index (χ1n) is 7.97. The third kappa shape index (κ3) is 5.15. The molecule has 0 atom stereocenters. The summed E-state index contributed by atoms with van der Waals surface area (Å²) >= 11 is 0. The van der Waals surface area contributed by atoms with Crippen molar-refractivity contribution in [2.45, 2.75) is 52.6 Å². The van der Waals surface area contributed by atoms with Crippen LogP contribution in [0.4, 0.5) is 0 Å². The Morgan fingerprint density at radius 3 is 2.38 bits per heavy atom. The molecule has 6 nitrogen and oxygen atoms in total. The maximum absolute atomic E-state index is 12.2. The van der Waals surface area contributed by atoms with Crippen LogP contribution in [0.3, 0.4) is 0 Å². The summed E-state index contributed by atoms with van der Waals surface area (Å²) in [6, 6.07) is 7.46. The van der Waals surface area contributed by atoms with E-state index in [1.54, 1.807) is 0 Å². The second-order valence-corrected chi connectivity index (χ2v) is 7.96. The van der Waals surface area contributed by atoms with Crippen LogP contribution in [-0.4, -0.2) is 19.6 Å². The lowest BCUT2D eigenvalue weighted by Crippen LogP contribution is -2.31. The van der Waals surface area contributed by atoms with E-state index in [1.807, 2.05) is 52.0 Å². The summed E-state index contributed by atoms with van der Waals surface area (Å²) in [5.41, 5.74) is 3.69. The summed E-state index contributed by atoms with van der Waals surface area (Å²) in [7, 11) is -3.34. The molecule has 1 heterocycles. The van der Waals surface area contributed by atoms with Gasteiger partial charge in [0.05, 0.1) is 11.4 Å². The molecular formula is C17H25N3O3S. The zero-order chi connectivity index (χ0) is 17.7. The van der Waals surface area contributed by atoms with Gasteiger partial charge in [0, 0.05) is 24.7 Å². The number of hydrogen-bond acceptors (Lipinski definition) is 5. The van der Waals surface area contributed by atoms with E-state index >= 15 is 0 Å². The first-order chi connectivity index (χ1) is 11.3. The van der Waals surface area contributed by atoms with Crippen molar-refractivity contribution in [3.8, 4) is 0 Å². The van der Waals surface area contributed by atoms with Crippen molar-refractivity contribution in [3.63, 3.8) is 0 Å². The highest BCUT2D eigenvalue weighted by Gasteiger charge is 2.15. The molecule has 0 spiro atoms. The minimum atomic E-state index is -3.34. The van der Waals surface area contributed by atoms with E-state index in [9.17, 15) is 8.42 Å². The average molecular weight is 351 g/mol. The van der Waals surface area contributed by atoms with Gasteiger partial charge in [-0.25, -0.2) is 13.1 Å². The van der Waals surface area contributed by atoms with Crippen LogP contribution >= 0.6 is 0 Å². The van der Waals surface area contributed by atoms with Crippen LogP contribution in [0.25, 0.3) is 0 Å². The van der Waals surface area contributed by atoms with Crippen molar-refractivity contribution >= 4 is 10.0 Å². The number of nitrogens with one attached hydrogen (secondary N) is 2. The van der Waals surface area contributed by atoms with E-state index in [4.69, 9.17) is 4.52 Å². The molecule has 0 bridgehead atoms. The molecule has 2 rings (SSSR count). The lowest BCUT2D eigenvalue weighted by atomic mass is 10.1. The molecule has 2 aromatic rings. The number of sulfonamides is 1. The van der Waals surface area contributed by atoms with Gasteiger partial charge in [-0.2, -0.15) is 0 Å². The Hall–Kier alpha value is -1.70. The summed E-state index contributed by atoms with van der Waals surface area (Å²) < 4.78 is 32.1. The largest absolute Gasteiger partial charge is 0.361 e. The Bertz CT molecular complexity index is 763. The summed E-state index contributed by atoms with van der Waals surface area (Å²) in [5, 5.41) is 7.27. The van der Waals surface area contributed by atoms with Crippen LogP contribution in [0, 0.1) is 13.8 Å². The van der Waals surface area contributed by atoms with Crippen LogP contribution in [0.15, 0.2) is 28.8 Å². The van der Waals surface area contributed by atoms with Crippen LogP contribution in [0.2, 0.25) is 0 Å². The van der Waals surface area contributed by atoms with Crippen LogP contribution in [0.1, 0.15) is 42.0 Å². The third-order valence-electron chi connectivity index (χ3n) is 3.68. The molecule has 0 radical (unpaired) electrons. The highest BCUT2D eigenvalue weighted by atomic mass is 32.2. The highest BCUT2D eigenvalue weighted by Crippen LogP contribution is 2.14. The molecule has 0 saturated carbocycles. The lowest BCUT2D eigenvalue weighted by Gasteiger charge is -2.13. The van der Waals surface area contributed by atoms with Gasteiger partial charge in [0.2, 0.25) is 10.0 Å². The van der Waals surface area contributed by atoms with Crippen LogP contribution in [0.5, 0.6) is 0 Å². The minimum Gasteiger partial charge on any atom is -0.361 e. The summed E-state index contributed by atoms with van der Waals surface area (Å²) in [5.74, 6) is 0.783. The van der Waals surface area contributed by atoms with Crippen molar-refractivity contribution in [2.75, 3.05) is 0 Å². The summed E-state index contributed by atoms with van der Waals surface area (Å²) in [6.45, 7) is 8.63. The molecule has 0 amide bonds. The van der Waals surface area contributed by atoms with E-state index in [0.717, 1.165) is 28.1 Å². The highest BCUT2D eigenvalue weighted by molar-refractivity contribution is 7.88. The van der Waals surface area contributed by atoms with Crippen molar-refractivity contribution in [2.24, 2.45) is 0 Å². The number of benzene rings is 1. The molecule has 0 aliphatic heterocycles. The van der Waals surface area contributed by atoms with Gasteiger partial charge in [0.25, 0.3) is 0 Å². The molecule has 24 heavy (non-hydrogen) atoms. The smallest absolute Gasteiger partial charge is 0.216 e. The Balaban J connectivity index is 2.04. The first-order valence-corrected chi connectivity index (χ1v) is 9.63. The topological polar surface area (TPSA) is 84.2 Å². The van der Waals surface area contributed by atoms with Crippen LogP contribution in [-0.2, 0) is 28.9 Å². The second kappa shape index (κ2) is 7.92. The molecule has 1 aromatic heterocycles. The van der Waals surface area contributed by atoms with Crippen LogP contribution < -0.4 is 10.0 Å². The van der Waals surface area contributed by atoms with Gasteiger partial charge in [0.1, 0.15) is 5.76 Å². The summed E-state index contributed by atoms with van der Waals surface area (Å²) in [6.07, 6.45) is 0. The predicted octanol–water partition coefficient (Wildman–Crippen LogP) is 2.41. The summed E-state index contributed by atoms with van der Waals surface area (Å²) in [4.78, 5) is 0. The number of rotatable bonds is 8. The fraction of sp³-hybridized carbons (Fsp3) is 0.471. The van der Waals surface area contributed by atoms with Gasteiger partial charge in [-0.15, -0.1) is 0 Å². The fourth-order valence-electron chi connectivity index (χ4n) is 2.55. The monoisotopic (exact) mass is 351 g/mol. The quantitative estimate of drug-likeness (QED) is 0.763. The Morgan fingerprint density at radius 1 is 1.12 bits per heavy atom. The van der Waals surface area contributed by atoms with Gasteiger partial charge in [0.15, 0.2) is 0 Å². The SMILES string of the molecule is Cc1noc(C)c1CNCc1ccccc1CS(=O)(=O)NC(C)C. The molecule has 0 aliphatic rings. The molecule has 0 saturated heterocycles. The fourth-order valence-corrected chi connectivity index (χ4v) is 4.05. The molecule has 1 aromatic carbocycles. The zero-order valence-corrected chi connectivity index (χ0v) is 15.4. The third-order valence-corrected chi connectivity index (χ3v) is 5.20. The number of nitrogens with zero attached hydrogens (tertiary/aromatic N) is 1. The molecule has 0 unspecified atom stereocenters. The maximum atomic E-state index is 12.2. The van der Waals surface area contributed by atoms with E-state index in [2.05, 4.69) is 15.2 Å². The number of hydrogen-bond donors (Lipinski definition) is 2. The van der Waals surface area contributed by atoms with E-state index in [1.165, 1.54) is 0 Å². The normalized spacial score (nSPS) is 12.0. The molecule has 7 heteroatoms. The van der Waals surface area contributed by atoms with E-state index < -0.39 is 10.0 Å². The lowest BCUT2D eigenvalue weighted by molar-refractivity contribution is 0.392. The second-order valence-electron chi connectivity index (χ2n) is 6.21. The minimum absolute atomic E-state index is 0.0195. The zero-order valence-electron chi connectivity index (χ0n) is 14.6. The molecule has 132 valence electrons. The van der Waals surface area contributed by atoms with Gasteiger partial charge in [-0.05, 0) is 38.8 Å². The molecular weight excluding hydrogens is 326 g/mol. The van der Waals surface area contributed by atoms with Gasteiger partial charge in [-0.1, -0.05) is 29.4 Å². The van der Waals surface area contributed by atoms with Crippen molar-refractivity contribution < 1.29 is 12.9 Å². The average Bonchev–Trinajstić information content (AvgIpc) is 2.79. The van der Waals surface area contributed by atoms with Gasteiger partial charge >= 0.3 is 0 Å². The van der Waals surface area contributed by atoms with Gasteiger partial charge < -0.3 is 9.84 Å². The number of aryl methyl sites for hydroxylation is 2. The van der Waals surface area contributed by atoms with Crippen molar-refractivity contribution in [1.82, 2.24) is 15.2 Å². The Morgan fingerprint density at radius 2 is 1.79 bits per heavy atom. The molecule has 2 N–H and O–H groups in total.